The molecule has 0 bridgehead atoms. The third-order valence-electron chi connectivity index (χ3n) is 2.89. The number of methoxy groups -OCH3 is 2. The summed E-state index contributed by atoms with van der Waals surface area (Å²) in [7, 11) is 5.24. The van der Waals surface area contributed by atoms with Crippen LogP contribution in [0.5, 0.6) is 11.5 Å². The third-order valence-corrected chi connectivity index (χ3v) is 2.89. The second kappa shape index (κ2) is 5.45. The molecule has 2 aromatic rings. The first kappa shape index (κ1) is 12.3. The second-order valence-corrected chi connectivity index (χ2v) is 3.89. The summed E-state index contributed by atoms with van der Waals surface area (Å²) in [6.45, 7) is 0. The van der Waals surface area contributed by atoms with Crippen LogP contribution in [0, 0.1) is 0 Å². The Morgan fingerprint density at radius 1 is 0.889 bits per heavy atom. The van der Waals surface area contributed by atoms with Crippen LogP contribution in [0.4, 0.5) is 5.69 Å². The monoisotopic (exact) mass is 243 g/mol. The first-order chi connectivity index (χ1) is 8.78. The van der Waals surface area contributed by atoms with Crippen molar-refractivity contribution in [2.75, 3.05) is 26.6 Å². The molecule has 18 heavy (non-hydrogen) atoms. The number of hydrogen-bond acceptors (Lipinski definition) is 3. The zero-order chi connectivity index (χ0) is 13.0. The SMILES string of the molecule is CNc1ccc(-c2ccc(OC)cc2)c(OC)c1. The molecule has 0 saturated heterocycles. The molecule has 2 rings (SSSR count). The highest BCUT2D eigenvalue weighted by atomic mass is 16.5. The van der Waals surface area contributed by atoms with E-state index in [1.165, 1.54) is 0 Å². The summed E-state index contributed by atoms with van der Waals surface area (Å²) >= 11 is 0. The van der Waals surface area contributed by atoms with Gasteiger partial charge in [0.2, 0.25) is 0 Å². The number of nitrogens with one attached hydrogen (secondary N) is 1. The molecule has 0 spiro atoms. The van der Waals surface area contributed by atoms with Crippen molar-refractivity contribution in [1.29, 1.82) is 0 Å². The first-order valence-corrected chi connectivity index (χ1v) is 5.78. The average molecular weight is 243 g/mol. The number of benzene rings is 2. The standard InChI is InChI=1S/C15H17NO2/c1-16-12-6-9-14(15(10-12)18-3)11-4-7-13(17-2)8-5-11/h4-10,16H,1-3H3. The normalized spacial score (nSPS) is 9.94. The maximum atomic E-state index is 5.43. The maximum absolute atomic E-state index is 5.43. The molecule has 0 radical (unpaired) electrons. The Balaban J connectivity index is 2.42. The minimum absolute atomic E-state index is 0.851. The van der Waals surface area contributed by atoms with E-state index in [0.717, 1.165) is 28.3 Å². The van der Waals surface area contributed by atoms with E-state index in [2.05, 4.69) is 5.32 Å². The fourth-order valence-electron chi connectivity index (χ4n) is 1.86. The van der Waals surface area contributed by atoms with Crippen LogP contribution in [0.1, 0.15) is 0 Å². The van der Waals surface area contributed by atoms with Gasteiger partial charge in [-0.25, -0.2) is 0 Å². The number of ether oxygens (including phenoxy) is 2. The predicted octanol–water partition coefficient (Wildman–Crippen LogP) is 3.41. The van der Waals surface area contributed by atoms with Crippen molar-refractivity contribution in [3.63, 3.8) is 0 Å². The van der Waals surface area contributed by atoms with Gasteiger partial charge in [0.05, 0.1) is 14.2 Å². The van der Waals surface area contributed by atoms with Gasteiger partial charge in [0.15, 0.2) is 0 Å². The molecule has 0 aliphatic carbocycles. The molecule has 2 aromatic carbocycles. The van der Waals surface area contributed by atoms with Crippen molar-refractivity contribution in [3.05, 3.63) is 42.5 Å². The van der Waals surface area contributed by atoms with Crippen molar-refractivity contribution in [2.24, 2.45) is 0 Å². The van der Waals surface area contributed by atoms with Gasteiger partial charge in [0.1, 0.15) is 11.5 Å². The van der Waals surface area contributed by atoms with Crippen molar-refractivity contribution in [1.82, 2.24) is 0 Å². The fourth-order valence-corrected chi connectivity index (χ4v) is 1.86. The van der Waals surface area contributed by atoms with Gasteiger partial charge in [-0.3, -0.25) is 0 Å². The summed E-state index contributed by atoms with van der Waals surface area (Å²) in [5.74, 6) is 1.71. The zero-order valence-electron chi connectivity index (χ0n) is 10.9. The molecular weight excluding hydrogens is 226 g/mol. The van der Waals surface area contributed by atoms with Gasteiger partial charge in [-0.15, -0.1) is 0 Å². The molecule has 0 saturated carbocycles. The van der Waals surface area contributed by atoms with E-state index in [1.807, 2.05) is 49.5 Å². The zero-order valence-corrected chi connectivity index (χ0v) is 10.9. The lowest BCUT2D eigenvalue weighted by atomic mass is 10.0. The number of hydrogen-bond donors (Lipinski definition) is 1. The third kappa shape index (κ3) is 2.40. The summed E-state index contributed by atoms with van der Waals surface area (Å²) in [5, 5.41) is 3.10. The largest absolute Gasteiger partial charge is 0.497 e. The lowest BCUT2D eigenvalue weighted by Crippen LogP contribution is -1.92. The van der Waals surface area contributed by atoms with E-state index >= 15 is 0 Å². The molecular formula is C15H17NO2. The molecule has 0 atom stereocenters. The van der Waals surface area contributed by atoms with Gasteiger partial charge < -0.3 is 14.8 Å². The number of anilines is 1. The molecule has 0 aromatic heterocycles. The van der Waals surface area contributed by atoms with Gasteiger partial charge in [-0.1, -0.05) is 12.1 Å². The Kier molecular flexibility index (Phi) is 3.72. The summed E-state index contributed by atoms with van der Waals surface area (Å²) in [4.78, 5) is 0. The van der Waals surface area contributed by atoms with Crippen LogP contribution in [-0.4, -0.2) is 21.3 Å². The Morgan fingerprint density at radius 2 is 1.61 bits per heavy atom. The van der Waals surface area contributed by atoms with Gasteiger partial charge in [0.25, 0.3) is 0 Å². The van der Waals surface area contributed by atoms with Crippen LogP contribution in [0.25, 0.3) is 11.1 Å². The smallest absolute Gasteiger partial charge is 0.128 e. The van der Waals surface area contributed by atoms with Crippen molar-refractivity contribution < 1.29 is 9.47 Å². The fraction of sp³-hybridized carbons (Fsp3) is 0.200. The highest BCUT2D eigenvalue weighted by Gasteiger charge is 2.06. The van der Waals surface area contributed by atoms with Crippen LogP contribution < -0.4 is 14.8 Å². The van der Waals surface area contributed by atoms with E-state index in [4.69, 9.17) is 9.47 Å². The molecule has 0 aliphatic heterocycles. The maximum Gasteiger partial charge on any atom is 0.128 e. The van der Waals surface area contributed by atoms with Crippen molar-refractivity contribution >= 4 is 5.69 Å². The van der Waals surface area contributed by atoms with Crippen LogP contribution >= 0.6 is 0 Å². The van der Waals surface area contributed by atoms with Crippen molar-refractivity contribution in [3.8, 4) is 22.6 Å². The highest BCUT2D eigenvalue weighted by Crippen LogP contribution is 2.33. The summed E-state index contributed by atoms with van der Waals surface area (Å²) in [6.07, 6.45) is 0. The lowest BCUT2D eigenvalue weighted by Gasteiger charge is -2.11. The minimum Gasteiger partial charge on any atom is -0.497 e. The van der Waals surface area contributed by atoms with E-state index in [0.29, 0.717) is 0 Å². The minimum atomic E-state index is 0.851. The van der Waals surface area contributed by atoms with Crippen LogP contribution in [-0.2, 0) is 0 Å². The molecule has 3 heteroatoms. The molecule has 1 N–H and O–H groups in total. The molecule has 3 nitrogen and oxygen atoms in total. The van der Waals surface area contributed by atoms with E-state index in [9.17, 15) is 0 Å². The predicted molar refractivity (Wildman–Crippen MR) is 74.5 cm³/mol. The van der Waals surface area contributed by atoms with E-state index in [1.54, 1.807) is 14.2 Å². The first-order valence-electron chi connectivity index (χ1n) is 5.78. The van der Waals surface area contributed by atoms with Crippen LogP contribution in [0.2, 0.25) is 0 Å². The Bertz CT molecular complexity index is 521. The van der Waals surface area contributed by atoms with Gasteiger partial charge >= 0.3 is 0 Å². The molecule has 94 valence electrons. The molecule has 0 heterocycles. The average Bonchev–Trinajstić information content (AvgIpc) is 2.46. The highest BCUT2D eigenvalue weighted by molar-refractivity contribution is 5.73. The molecule has 0 unspecified atom stereocenters. The molecule has 0 amide bonds. The Hall–Kier alpha value is -2.16. The lowest BCUT2D eigenvalue weighted by molar-refractivity contribution is 0.414. The Morgan fingerprint density at radius 3 is 2.17 bits per heavy atom. The van der Waals surface area contributed by atoms with Gasteiger partial charge in [-0.2, -0.15) is 0 Å². The number of rotatable bonds is 4. The molecule has 0 fully saturated rings. The van der Waals surface area contributed by atoms with Crippen LogP contribution in [0.15, 0.2) is 42.5 Å². The van der Waals surface area contributed by atoms with Crippen LogP contribution in [0.3, 0.4) is 0 Å². The summed E-state index contributed by atoms with van der Waals surface area (Å²) < 4.78 is 10.6. The molecule has 0 aliphatic rings. The van der Waals surface area contributed by atoms with Gasteiger partial charge in [0, 0.05) is 24.4 Å². The quantitative estimate of drug-likeness (QED) is 0.892. The van der Waals surface area contributed by atoms with Gasteiger partial charge in [-0.05, 0) is 29.8 Å². The van der Waals surface area contributed by atoms with E-state index < -0.39 is 0 Å². The van der Waals surface area contributed by atoms with E-state index in [-0.39, 0.29) is 0 Å². The Labute approximate surface area is 107 Å². The summed E-state index contributed by atoms with van der Waals surface area (Å²) in [6, 6.07) is 14.0. The second-order valence-electron chi connectivity index (χ2n) is 3.89. The van der Waals surface area contributed by atoms with Crippen molar-refractivity contribution in [2.45, 2.75) is 0 Å². The summed E-state index contributed by atoms with van der Waals surface area (Å²) in [5.41, 5.74) is 3.21. The topological polar surface area (TPSA) is 30.5 Å².